The van der Waals surface area contributed by atoms with Crippen LogP contribution in [0.1, 0.15) is 0 Å². The Balaban J connectivity index is 0.999. The SMILES string of the molecule is c1ccc([Si](c2ccccc2)(c2ccccc2)c2ccc(-c3nc(-c4cccc(-c5ccc6c(c5)oc5ccccc56)c4)nc(-c4ccccc4-n4c5ccccc5c5ccccc54)n3)cc2)cc1. The molecule has 0 unspecified atom stereocenters. The molecular weight excluding hydrogens is 857 g/mol. The number of hydrogen-bond donors (Lipinski definition) is 0. The number of furan rings is 1. The van der Waals surface area contributed by atoms with E-state index < -0.39 is 8.07 Å². The molecule has 5 nitrogen and oxygen atoms in total. The number of aromatic nitrogens is 4. The van der Waals surface area contributed by atoms with Gasteiger partial charge < -0.3 is 8.98 Å². The second kappa shape index (κ2) is 16.7. The minimum absolute atomic E-state index is 0.587. The molecule has 6 heteroatoms. The molecule has 0 spiro atoms. The first-order valence-corrected chi connectivity index (χ1v) is 25.3. The third kappa shape index (κ3) is 6.80. The molecule has 0 aliphatic heterocycles. The summed E-state index contributed by atoms with van der Waals surface area (Å²) >= 11 is 0. The molecule has 324 valence electrons. The fraction of sp³-hybridized carbons (Fsp3) is 0. The summed E-state index contributed by atoms with van der Waals surface area (Å²) < 4.78 is 8.67. The number of benzene rings is 10. The third-order valence-electron chi connectivity index (χ3n) is 13.6. The first kappa shape index (κ1) is 40.3. The van der Waals surface area contributed by atoms with E-state index in [1.54, 1.807) is 0 Å². The van der Waals surface area contributed by atoms with E-state index in [2.05, 4.69) is 247 Å². The summed E-state index contributed by atoms with van der Waals surface area (Å²) in [5.41, 5.74) is 9.75. The largest absolute Gasteiger partial charge is 0.456 e. The van der Waals surface area contributed by atoms with Crippen molar-refractivity contribution in [3.05, 3.63) is 255 Å². The van der Waals surface area contributed by atoms with E-state index in [0.717, 1.165) is 66.5 Å². The highest BCUT2D eigenvalue weighted by Crippen LogP contribution is 2.37. The highest BCUT2D eigenvalue weighted by molar-refractivity contribution is 7.19. The summed E-state index contributed by atoms with van der Waals surface area (Å²) in [6.45, 7) is 0. The first-order chi connectivity index (χ1) is 34.2. The Bertz CT molecular complexity index is 3860. The fourth-order valence-electron chi connectivity index (χ4n) is 10.5. The zero-order chi connectivity index (χ0) is 45.7. The molecule has 0 radical (unpaired) electrons. The third-order valence-corrected chi connectivity index (χ3v) is 18.4. The lowest BCUT2D eigenvalue weighted by molar-refractivity contribution is 0.669. The minimum atomic E-state index is -2.76. The Hall–Kier alpha value is -8.97. The van der Waals surface area contributed by atoms with Crippen LogP contribution in [0.4, 0.5) is 0 Å². The molecule has 0 bridgehead atoms. The molecule has 0 saturated heterocycles. The Morgan fingerprint density at radius 3 is 1.42 bits per heavy atom. The summed E-state index contributed by atoms with van der Waals surface area (Å²) in [7, 11) is -2.76. The number of nitrogens with zero attached hydrogens (tertiary/aromatic N) is 4. The lowest BCUT2D eigenvalue weighted by Gasteiger charge is -2.34. The standard InChI is InChI=1S/C63H42N4OSi/c1-4-21-47(22-5-1)69(48-23-6-2-7-24-48,49-25-8-3-9-26-49)50-38-35-43(36-39-50)61-64-62(46-20-18-19-44(41-46)45-37-40-54-53-29-13-17-34-59(53)68-60(54)42-45)66-63(65-61)55-30-12-16-33-58(55)67-56-31-14-10-27-51(56)52-28-11-15-32-57(52)67/h1-42H. The summed E-state index contributed by atoms with van der Waals surface area (Å²) in [5.74, 6) is 1.77. The average Bonchev–Trinajstić information content (AvgIpc) is 3.98. The smallest absolute Gasteiger partial charge is 0.179 e. The van der Waals surface area contributed by atoms with Gasteiger partial charge in [-0.25, -0.2) is 15.0 Å². The van der Waals surface area contributed by atoms with Gasteiger partial charge in [-0.1, -0.05) is 206 Å². The molecule has 13 rings (SSSR count). The first-order valence-electron chi connectivity index (χ1n) is 23.3. The highest BCUT2D eigenvalue weighted by Gasteiger charge is 2.41. The number of rotatable bonds is 9. The van der Waals surface area contributed by atoms with Gasteiger partial charge in [0.1, 0.15) is 11.2 Å². The van der Waals surface area contributed by atoms with E-state index in [1.165, 1.54) is 31.5 Å². The zero-order valence-electron chi connectivity index (χ0n) is 37.4. The van der Waals surface area contributed by atoms with Gasteiger partial charge in [-0.3, -0.25) is 0 Å². The highest BCUT2D eigenvalue weighted by atomic mass is 28.3. The van der Waals surface area contributed by atoms with Gasteiger partial charge in [0.25, 0.3) is 0 Å². The molecule has 0 amide bonds. The van der Waals surface area contributed by atoms with Gasteiger partial charge in [0, 0.05) is 38.2 Å². The van der Waals surface area contributed by atoms with E-state index >= 15 is 0 Å². The van der Waals surface area contributed by atoms with Crippen LogP contribution in [-0.2, 0) is 0 Å². The van der Waals surface area contributed by atoms with Gasteiger partial charge >= 0.3 is 0 Å². The Morgan fingerprint density at radius 1 is 0.304 bits per heavy atom. The number of hydrogen-bond acceptors (Lipinski definition) is 4. The summed E-state index contributed by atoms with van der Waals surface area (Å²) in [5, 5.41) is 9.83. The molecular formula is C63H42N4OSi. The summed E-state index contributed by atoms with van der Waals surface area (Å²) in [4.78, 5) is 16.1. The fourth-order valence-corrected chi connectivity index (χ4v) is 15.2. The van der Waals surface area contributed by atoms with Crippen molar-refractivity contribution in [2.75, 3.05) is 0 Å². The predicted octanol–water partition coefficient (Wildman–Crippen LogP) is 12.9. The lowest BCUT2D eigenvalue weighted by Crippen LogP contribution is -2.74. The van der Waals surface area contributed by atoms with Gasteiger partial charge in [0.15, 0.2) is 25.5 Å². The molecule has 0 aliphatic carbocycles. The second-order valence-electron chi connectivity index (χ2n) is 17.5. The van der Waals surface area contributed by atoms with Crippen LogP contribution in [-0.4, -0.2) is 27.6 Å². The van der Waals surface area contributed by atoms with Crippen LogP contribution in [0, 0.1) is 0 Å². The van der Waals surface area contributed by atoms with Gasteiger partial charge in [-0.15, -0.1) is 0 Å². The molecule has 13 aromatic rings. The van der Waals surface area contributed by atoms with Crippen LogP contribution in [0.3, 0.4) is 0 Å². The monoisotopic (exact) mass is 898 g/mol. The van der Waals surface area contributed by atoms with Crippen LogP contribution in [0.25, 0.3) is 94.7 Å². The van der Waals surface area contributed by atoms with Crippen molar-refractivity contribution in [3.63, 3.8) is 0 Å². The zero-order valence-corrected chi connectivity index (χ0v) is 38.4. The maximum atomic E-state index is 6.33. The maximum absolute atomic E-state index is 6.33. The van der Waals surface area contributed by atoms with Crippen LogP contribution in [0.2, 0.25) is 0 Å². The van der Waals surface area contributed by atoms with E-state index in [0.29, 0.717) is 17.5 Å². The van der Waals surface area contributed by atoms with E-state index in [4.69, 9.17) is 19.4 Å². The van der Waals surface area contributed by atoms with Crippen molar-refractivity contribution in [2.45, 2.75) is 0 Å². The van der Waals surface area contributed by atoms with Crippen LogP contribution < -0.4 is 20.7 Å². The molecule has 69 heavy (non-hydrogen) atoms. The Labute approximate surface area is 400 Å². The van der Waals surface area contributed by atoms with Gasteiger partial charge in [0.05, 0.1) is 16.7 Å². The minimum Gasteiger partial charge on any atom is -0.456 e. The quantitative estimate of drug-likeness (QED) is 0.107. The normalized spacial score (nSPS) is 11.8. The molecule has 3 heterocycles. The van der Waals surface area contributed by atoms with Crippen molar-refractivity contribution in [1.82, 2.24) is 19.5 Å². The predicted molar refractivity (Wildman–Crippen MR) is 287 cm³/mol. The van der Waals surface area contributed by atoms with Crippen LogP contribution >= 0.6 is 0 Å². The summed E-state index contributed by atoms with van der Waals surface area (Å²) in [6.07, 6.45) is 0. The number of para-hydroxylation sites is 4. The Kier molecular flexibility index (Phi) is 9.77. The van der Waals surface area contributed by atoms with E-state index in [9.17, 15) is 0 Å². The van der Waals surface area contributed by atoms with Gasteiger partial charge in [-0.2, -0.15) is 0 Å². The lowest BCUT2D eigenvalue weighted by atomic mass is 10.0. The van der Waals surface area contributed by atoms with Crippen LogP contribution in [0.15, 0.2) is 259 Å². The number of fused-ring (bicyclic) bond motifs is 6. The molecule has 0 saturated carbocycles. The molecule has 10 aromatic carbocycles. The van der Waals surface area contributed by atoms with Crippen molar-refractivity contribution in [1.29, 1.82) is 0 Å². The van der Waals surface area contributed by atoms with Crippen molar-refractivity contribution < 1.29 is 4.42 Å². The maximum Gasteiger partial charge on any atom is 0.179 e. The van der Waals surface area contributed by atoms with Crippen molar-refractivity contribution in [2.24, 2.45) is 0 Å². The molecule has 3 aromatic heterocycles. The van der Waals surface area contributed by atoms with Gasteiger partial charge in [-0.05, 0) is 80.4 Å². The average molecular weight is 899 g/mol. The van der Waals surface area contributed by atoms with Crippen molar-refractivity contribution in [3.8, 4) is 51.0 Å². The topological polar surface area (TPSA) is 56.7 Å². The molecule has 0 fully saturated rings. The second-order valence-corrected chi connectivity index (χ2v) is 21.3. The van der Waals surface area contributed by atoms with E-state index in [-0.39, 0.29) is 0 Å². The van der Waals surface area contributed by atoms with Crippen molar-refractivity contribution >= 4 is 72.6 Å². The van der Waals surface area contributed by atoms with E-state index in [1.807, 2.05) is 12.1 Å². The molecule has 0 aliphatic rings. The molecule has 0 N–H and O–H groups in total. The van der Waals surface area contributed by atoms with Gasteiger partial charge in [0.2, 0.25) is 0 Å². The molecule has 0 atom stereocenters. The Morgan fingerprint density at radius 2 is 0.768 bits per heavy atom. The summed E-state index contributed by atoms with van der Waals surface area (Å²) in [6, 6.07) is 90.8. The van der Waals surface area contributed by atoms with Crippen LogP contribution in [0.5, 0.6) is 0 Å².